The van der Waals surface area contributed by atoms with Crippen molar-refractivity contribution in [1.29, 1.82) is 0 Å². The van der Waals surface area contributed by atoms with Gasteiger partial charge in [0.2, 0.25) is 0 Å². The fraction of sp³-hybridized carbons (Fsp3) is 0.455. The Kier molecular flexibility index (Phi) is 13.5. The second-order valence-electron chi connectivity index (χ2n) is 8.68. The van der Waals surface area contributed by atoms with E-state index in [1.165, 1.54) is 0 Å². The quantitative estimate of drug-likeness (QED) is 0.288. The van der Waals surface area contributed by atoms with Crippen LogP contribution in [0.1, 0.15) is 27.7 Å². The van der Waals surface area contributed by atoms with Crippen LogP contribution in [-0.2, 0) is 35.2 Å². The van der Waals surface area contributed by atoms with Crippen LogP contribution in [0.2, 0.25) is 0 Å². The molecule has 0 bridgehead atoms. The van der Waals surface area contributed by atoms with E-state index in [2.05, 4.69) is 27.7 Å². The van der Waals surface area contributed by atoms with Crippen LogP contribution in [-0.4, -0.2) is 26.4 Å². The molecule has 2 saturated heterocycles. The summed E-state index contributed by atoms with van der Waals surface area (Å²) in [5.74, 6) is 1.59. The van der Waals surface area contributed by atoms with Crippen molar-refractivity contribution in [2.45, 2.75) is 27.7 Å². The minimum atomic E-state index is -1.21. The smallest absolute Gasteiger partial charge is 1.00 e. The van der Waals surface area contributed by atoms with E-state index in [9.17, 15) is 0 Å². The van der Waals surface area contributed by atoms with E-state index >= 15 is 0 Å². The monoisotopic (exact) mass is 642 g/mol. The average molecular weight is 643 g/mol. The normalized spacial score (nSPS) is 19.9. The van der Waals surface area contributed by atoms with Crippen molar-refractivity contribution >= 4 is 17.2 Å². The average Bonchev–Trinajstić information content (AvgIpc) is 2.73. The van der Waals surface area contributed by atoms with Crippen molar-refractivity contribution < 1.29 is 68.2 Å². The number of hydrogen-bond donors (Lipinski definition) is 0. The summed E-state index contributed by atoms with van der Waals surface area (Å²) in [6.07, 6.45) is 0. The zero-order valence-corrected chi connectivity index (χ0v) is 23.5. The predicted octanol–water partition coefficient (Wildman–Crippen LogP) is 3.73. The molecule has 0 aromatic heterocycles. The molecule has 0 radical (unpaired) electrons. The van der Waals surface area contributed by atoms with Crippen molar-refractivity contribution in [3.63, 3.8) is 0 Å². The maximum atomic E-state index is 5.57. The summed E-state index contributed by atoms with van der Waals surface area (Å²) >= 11 is 0. The van der Waals surface area contributed by atoms with E-state index in [1.54, 1.807) is 0 Å². The van der Waals surface area contributed by atoms with Crippen LogP contribution in [0.25, 0.3) is 0 Å². The molecule has 0 unspecified atom stereocenters. The first-order valence-corrected chi connectivity index (χ1v) is 12.1. The molecular weight excluding hydrogens is 613 g/mol. The minimum absolute atomic E-state index is 0. The Bertz CT molecular complexity index is 684. The van der Waals surface area contributed by atoms with Gasteiger partial charge >= 0.3 is 34.3 Å². The third-order valence-corrected chi connectivity index (χ3v) is 6.17. The van der Waals surface area contributed by atoms with Crippen molar-refractivity contribution in [3.8, 4) is 11.5 Å². The molecule has 0 atom stereocenters. The number of halogens is 1. The Morgan fingerprint density at radius 3 is 1.16 bits per heavy atom. The van der Waals surface area contributed by atoms with Crippen molar-refractivity contribution in [1.82, 2.24) is 0 Å². The van der Waals surface area contributed by atoms with E-state index in [0.717, 1.165) is 11.5 Å². The van der Waals surface area contributed by atoms with E-state index < -0.39 is 17.2 Å². The first-order chi connectivity index (χ1) is 14.3. The predicted molar refractivity (Wildman–Crippen MR) is 119 cm³/mol. The SMILES string of the molecule is CC1(C)COP(Oc2ccccc2)OC1.CC1(C)COP(Oc2ccccc2)OC1.[Cu+].[I-]. The van der Waals surface area contributed by atoms with Crippen molar-refractivity contribution in [2.24, 2.45) is 10.8 Å². The zero-order valence-electron chi connectivity index (χ0n) is 18.6. The summed E-state index contributed by atoms with van der Waals surface area (Å²) in [6.45, 7) is 11.2. The van der Waals surface area contributed by atoms with Crippen LogP contribution in [0.3, 0.4) is 0 Å². The number of hydrogen-bond acceptors (Lipinski definition) is 6. The number of benzene rings is 2. The Labute approximate surface area is 221 Å². The molecule has 0 aliphatic carbocycles. The maximum Gasteiger partial charge on any atom is 1.00 e. The molecule has 32 heavy (non-hydrogen) atoms. The van der Waals surface area contributed by atoms with E-state index in [4.69, 9.17) is 27.1 Å². The number of para-hydroxylation sites is 2. The van der Waals surface area contributed by atoms with Crippen LogP contribution in [0, 0.1) is 10.8 Å². The third kappa shape index (κ3) is 10.9. The Morgan fingerprint density at radius 2 is 0.875 bits per heavy atom. The summed E-state index contributed by atoms with van der Waals surface area (Å²) in [4.78, 5) is 0. The molecule has 2 aliphatic heterocycles. The van der Waals surface area contributed by atoms with Gasteiger partial charge in [0, 0.05) is 10.8 Å². The Hall–Kier alpha value is -0.0105. The molecule has 2 aliphatic rings. The third-order valence-electron chi connectivity index (χ3n) is 4.09. The summed E-state index contributed by atoms with van der Waals surface area (Å²) in [6, 6.07) is 19.2. The van der Waals surface area contributed by atoms with Gasteiger partial charge in [0.1, 0.15) is 11.5 Å². The standard InChI is InChI=1S/2C11H15O3P.Cu.HI/c2*1-11(2)8-12-15(13-9-11)14-10-6-4-3-5-7-10;;/h2*3-7H,8-9H2,1-2H3;;1H/q;;+1;/p-1. The van der Waals surface area contributed by atoms with Crippen LogP contribution >= 0.6 is 17.2 Å². The fourth-order valence-corrected chi connectivity index (χ4v) is 5.08. The van der Waals surface area contributed by atoms with Gasteiger partial charge in [0.25, 0.3) is 0 Å². The van der Waals surface area contributed by atoms with Gasteiger partial charge in [0.15, 0.2) is 0 Å². The molecule has 0 amide bonds. The second-order valence-corrected chi connectivity index (χ2v) is 11.0. The van der Waals surface area contributed by atoms with Crippen LogP contribution in [0.15, 0.2) is 60.7 Å². The molecule has 0 spiro atoms. The largest absolute Gasteiger partial charge is 1.00 e. The molecule has 2 aromatic carbocycles. The summed E-state index contributed by atoms with van der Waals surface area (Å²) < 4.78 is 33.2. The Morgan fingerprint density at radius 1 is 0.594 bits per heavy atom. The van der Waals surface area contributed by atoms with E-state index in [0.29, 0.717) is 26.4 Å². The van der Waals surface area contributed by atoms with Gasteiger partial charge in [-0.1, -0.05) is 64.1 Å². The second kappa shape index (κ2) is 14.4. The van der Waals surface area contributed by atoms with Gasteiger partial charge in [-0.25, -0.2) is 0 Å². The molecule has 2 fully saturated rings. The van der Waals surface area contributed by atoms with Crippen molar-refractivity contribution in [2.75, 3.05) is 26.4 Å². The molecular formula is C22H30CuIO6P2. The van der Waals surface area contributed by atoms with Crippen molar-refractivity contribution in [3.05, 3.63) is 60.7 Å². The number of rotatable bonds is 4. The topological polar surface area (TPSA) is 55.4 Å². The van der Waals surface area contributed by atoms with Crippen LogP contribution in [0.4, 0.5) is 0 Å². The van der Waals surface area contributed by atoms with Crippen LogP contribution < -0.4 is 33.0 Å². The molecule has 0 saturated carbocycles. The summed E-state index contributed by atoms with van der Waals surface area (Å²) in [7, 11) is -2.41. The van der Waals surface area contributed by atoms with Crippen LogP contribution in [0.5, 0.6) is 11.5 Å². The molecule has 10 heteroatoms. The van der Waals surface area contributed by atoms with Gasteiger partial charge in [-0.3, -0.25) is 0 Å². The van der Waals surface area contributed by atoms with E-state index in [-0.39, 0.29) is 51.9 Å². The molecule has 2 heterocycles. The van der Waals surface area contributed by atoms with Gasteiger partial charge < -0.3 is 51.1 Å². The first-order valence-electron chi connectivity index (χ1n) is 9.89. The molecule has 6 nitrogen and oxygen atoms in total. The Balaban J connectivity index is 0.000000301. The molecule has 0 N–H and O–H groups in total. The van der Waals surface area contributed by atoms with E-state index in [1.807, 2.05) is 60.7 Å². The maximum absolute atomic E-state index is 5.57. The molecule has 182 valence electrons. The molecule has 2 aromatic rings. The fourth-order valence-electron chi connectivity index (χ4n) is 2.31. The van der Waals surface area contributed by atoms with Gasteiger partial charge in [-0.05, 0) is 24.3 Å². The summed E-state index contributed by atoms with van der Waals surface area (Å²) in [5, 5.41) is 0. The summed E-state index contributed by atoms with van der Waals surface area (Å²) in [5.41, 5.74) is 0.192. The molecule has 4 rings (SSSR count). The first kappa shape index (κ1) is 30.0. The van der Waals surface area contributed by atoms with Gasteiger partial charge in [0.05, 0.1) is 26.4 Å². The van der Waals surface area contributed by atoms with Gasteiger partial charge in [-0.15, -0.1) is 0 Å². The minimum Gasteiger partial charge on any atom is -1.00 e. The van der Waals surface area contributed by atoms with Gasteiger partial charge in [-0.2, -0.15) is 0 Å². The zero-order chi connectivity index (χ0) is 21.5.